The minimum Gasteiger partial charge on any atom is -0.497 e. The van der Waals surface area contributed by atoms with Crippen LogP contribution < -0.4 is 15.4 Å². The van der Waals surface area contributed by atoms with Gasteiger partial charge >= 0.3 is 0 Å². The summed E-state index contributed by atoms with van der Waals surface area (Å²) in [6.07, 6.45) is 4.60. The summed E-state index contributed by atoms with van der Waals surface area (Å²) in [4.78, 5) is 25.2. The Kier molecular flexibility index (Phi) is 7.44. The maximum absolute atomic E-state index is 12.7. The number of methoxy groups -OCH3 is 1. The number of nitrogens with one attached hydrogen (secondary N) is 2. The molecule has 0 atom stereocenters. The fourth-order valence-electron chi connectivity index (χ4n) is 2.84. The van der Waals surface area contributed by atoms with Crippen molar-refractivity contribution in [2.45, 2.75) is 12.8 Å². The highest BCUT2D eigenvalue weighted by molar-refractivity contribution is 6.05. The minimum atomic E-state index is -0.370. The summed E-state index contributed by atoms with van der Waals surface area (Å²) < 4.78 is 10.4. The second kappa shape index (κ2) is 10.7. The standard InChI is InChI=1S/C24H24N2O4/c1-29-20-13-11-18(12-14-20)7-5-15-25-24(28)22(17-21-10-6-16-30-21)26-23(27)19-8-3-2-4-9-19/h2-4,6,8-14,16-17H,5,7,15H2,1H3,(H,25,28)(H,26,27)/b22-17-. The fourth-order valence-corrected chi connectivity index (χ4v) is 2.84. The predicted molar refractivity (Wildman–Crippen MR) is 115 cm³/mol. The van der Waals surface area contributed by atoms with Gasteiger partial charge in [0.2, 0.25) is 0 Å². The molecule has 1 heterocycles. The molecule has 0 aliphatic rings. The van der Waals surface area contributed by atoms with Crippen molar-refractivity contribution in [3.05, 3.63) is 95.6 Å². The van der Waals surface area contributed by atoms with Crippen molar-refractivity contribution in [3.63, 3.8) is 0 Å². The van der Waals surface area contributed by atoms with Gasteiger partial charge in [-0.25, -0.2) is 0 Å². The highest BCUT2D eigenvalue weighted by Crippen LogP contribution is 2.12. The normalized spacial score (nSPS) is 11.0. The number of carbonyl (C=O) groups is 2. The summed E-state index contributed by atoms with van der Waals surface area (Å²) >= 11 is 0. The Bertz CT molecular complexity index is 978. The van der Waals surface area contributed by atoms with E-state index < -0.39 is 0 Å². The first-order valence-corrected chi connectivity index (χ1v) is 9.68. The Morgan fingerprint density at radius 2 is 1.77 bits per heavy atom. The van der Waals surface area contributed by atoms with Crippen LogP contribution in [0.25, 0.3) is 6.08 Å². The van der Waals surface area contributed by atoms with Crippen LogP contribution in [-0.2, 0) is 11.2 Å². The van der Waals surface area contributed by atoms with E-state index >= 15 is 0 Å². The Labute approximate surface area is 175 Å². The molecule has 0 saturated carbocycles. The molecule has 0 saturated heterocycles. The summed E-state index contributed by atoms with van der Waals surface area (Å²) in [5.41, 5.74) is 1.76. The topological polar surface area (TPSA) is 80.6 Å². The Hall–Kier alpha value is -3.80. The van der Waals surface area contributed by atoms with E-state index in [-0.39, 0.29) is 17.5 Å². The summed E-state index contributed by atoms with van der Waals surface area (Å²) in [5, 5.41) is 5.54. The van der Waals surface area contributed by atoms with Gasteiger partial charge in [-0.1, -0.05) is 30.3 Å². The second-order valence-electron chi connectivity index (χ2n) is 6.60. The number of hydrogen-bond donors (Lipinski definition) is 2. The smallest absolute Gasteiger partial charge is 0.267 e. The molecule has 0 radical (unpaired) electrons. The number of aryl methyl sites for hydroxylation is 1. The maximum Gasteiger partial charge on any atom is 0.267 e. The van der Waals surface area contributed by atoms with E-state index in [0.717, 1.165) is 24.2 Å². The number of furan rings is 1. The predicted octanol–water partition coefficient (Wildman–Crippen LogP) is 3.81. The molecule has 0 fully saturated rings. The Balaban J connectivity index is 1.58. The molecular weight excluding hydrogens is 380 g/mol. The molecule has 0 spiro atoms. The number of amides is 2. The van der Waals surface area contributed by atoms with Gasteiger partial charge in [-0.05, 0) is 54.8 Å². The van der Waals surface area contributed by atoms with E-state index in [1.54, 1.807) is 43.5 Å². The van der Waals surface area contributed by atoms with Crippen molar-refractivity contribution < 1.29 is 18.7 Å². The second-order valence-corrected chi connectivity index (χ2v) is 6.60. The zero-order valence-electron chi connectivity index (χ0n) is 16.8. The first-order valence-electron chi connectivity index (χ1n) is 9.68. The number of hydrogen-bond acceptors (Lipinski definition) is 4. The number of carbonyl (C=O) groups excluding carboxylic acids is 2. The van der Waals surface area contributed by atoms with Crippen LogP contribution in [0.3, 0.4) is 0 Å². The maximum atomic E-state index is 12.7. The van der Waals surface area contributed by atoms with E-state index in [2.05, 4.69) is 10.6 Å². The van der Waals surface area contributed by atoms with E-state index in [1.807, 2.05) is 30.3 Å². The Morgan fingerprint density at radius 3 is 2.43 bits per heavy atom. The van der Waals surface area contributed by atoms with Crippen LogP contribution in [0.2, 0.25) is 0 Å². The lowest BCUT2D eigenvalue weighted by atomic mass is 10.1. The van der Waals surface area contributed by atoms with Crippen LogP contribution in [-0.4, -0.2) is 25.5 Å². The summed E-state index contributed by atoms with van der Waals surface area (Å²) in [7, 11) is 1.63. The molecule has 0 aliphatic carbocycles. The third-order valence-corrected chi connectivity index (χ3v) is 4.45. The van der Waals surface area contributed by atoms with Crippen molar-refractivity contribution in [1.82, 2.24) is 10.6 Å². The number of benzene rings is 2. The van der Waals surface area contributed by atoms with Crippen molar-refractivity contribution >= 4 is 17.9 Å². The van der Waals surface area contributed by atoms with Gasteiger partial charge < -0.3 is 19.8 Å². The van der Waals surface area contributed by atoms with Crippen molar-refractivity contribution in [3.8, 4) is 5.75 Å². The average Bonchev–Trinajstić information content (AvgIpc) is 3.30. The zero-order chi connectivity index (χ0) is 21.2. The van der Waals surface area contributed by atoms with Crippen LogP contribution in [0.1, 0.15) is 28.1 Å². The molecule has 2 N–H and O–H groups in total. The van der Waals surface area contributed by atoms with Gasteiger partial charge in [-0.3, -0.25) is 9.59 Å². The van der Waals surface area contributed by atoms with Crippen LogP contribution in [0, 0.1) is 0 Å². The fraction of sp³-hybridized carbons (Fsp3) is 0.167. The molecule has 0 bridgehead atoms. The zero-order valence-corrected chi connectivity index (χ0v) is 16.8. The molecule has 0 unspecified atom stereocenters. The number of rotatable bonds is 9. The van der Waals surface area contributed by atoms with Gasteiger partial charge in [-0.15, -0.1) is 0 Å². The molecule has 154 valence electrons. The van der Waals surface area contributed by atoms with Crippen molar-refractivity contribution in [2.24, 2.45) is 0 Å². The van der Waals surface area contributed by atoms with Gasteiger partial charge in [-0.2, -0.15) is 0 Å². The SMILES string of the molecule is COc1ccc(CCCNC(=O)/C(=C/c2ccco2)NC(=O)c2ccccc2)cc1. The van der Waals surface area contributed by atoms with Gasteiger partial charge in [0, 0.05) is 18.2 Å². The van der Waals surface area contributed by atoms with Gasteiger partial charge in [0.05, 0.1) is 13.4 Å². The Morgan fingerprint density at radius 1 is 1.00 bits per heavy atom. The van der Waals surface area contributed by atoms with Gasteiger partial charge in [0.1, 0.15) is 17.2 Å². The number of ether oxygens (including phenoxy) is 1. The lowest BCUT2D eigenvalue weighted by Gasteiger charge is -2.11. The lowest BCUT2D eigenvalue weighted by molar-refractivity contribution is -0.117. The van der Waals surface area contributed by atoms with Crippen LogP contribution in [0.4, 0.5) is 0 Å². The lowest BCUT2D eigenvalue weighted by Crippen LogP contribution is -2.35. The molecule has 30 heavy (non-hydrogen) atoms. The highest BCUT2D eigenvalue weighted by atomic mass is 16.5. The van der Waals surface area contributed by atoms with E-state index in [4.69, 9.17) is 9.15 Å². The first-order chi connectivity index (χ1) is 14.7. The highest BCUT2D eigenvalue weighted by Gasteiger charge is 2.15. The summed E-state index contributed by atoms with van der Waals surface area (Å²) in [6.45, 7) is 0.474. The first kappa shape index (κ1) is 20.9. The summed E-state index contributed by atoms with van der Waals surface area (Å²) in [6, 6.07) is 20.0. The largest absolute Gasteiger partial charge is 0.497 e. The van der Waals surface area contributed by atoms with Crippen molar-refractivity contribution in [2.75, 3.05) is 13.7 Å². The summed E-state index contributed by atoms with van der Waals surface area (Å²) in [5.74, 6) is 0.563. The van der Waals surface area contributed by atoms with E-state index in [1.165, 1.54) is 12.3 Å². The van der Waals surface area contributed by atoms with Crippen LogP contribution >= 0.6 is 0 Å². The average molecular weight is 404 g/mol. The van der Waals surface area contributed by atoms with Crippen LogP contribution in [0.15, 0.2) is 83.1 Å². The molecule has 0 aliphatic heterocycles. The van der Waals surface area contributed by atoms with Crippen LogP contribution in [0.5, 0.6) is 5.75 Å². The minimum absolute atomic E-state index is 0.128. The quantitative estimate of drug-likeness (QED) is 0.420. The molecule has 2 aromatic carbocycles. The van der Waals surface area contributed by atoms with Crippen molar-refractivity contribution in [1.29, 1.82) is 0 Å². The third-order valence-electron chi connectivity index (χ3n) is 4.45. The van der Waals surface area contributed by atoms with Gasteiger partial charge in [0.25, 0.3) is 11.8 Å². The molecular formula is C24H24N2O4. The monoisotopic (exact) mass is 404 g/mol. The molecule has 1 aromatic heterocycles. The van der Waals surface area contributed by atoms with E-state index in [9.17, 15) is 9.59 Å². The molecule has 3 aromatic rings. The molecule has 3 rings (SSSR count). The molecule has 6 heteroatoms. The third kappa shape index (κ3) is 6.10. The van der Waals surface area contributed by atoms with Gasteiger partial charge in [0.15, 0.2) is 0 Å². The molecule has 6 nitrogen and oxygen atoms in total. The molecule has 2 amide bonds. The van der Waals surface area contributed by atoms with E-state index in [0.29, 0.717) is 17.9 Å².